The Kier molecular flexibility index (Phi) is 32.0. The van der Waals surface area contributed by atoms with Crippen molar-refractivity contribution < 1.29 is 9.53 Å². The highest BCUT2D eigenvalue weighted by atomic mass is 16.5. The Labute approximate surface area is 228 Å². The number of ether oxygens (including phenoxy) is 1. The average Bonchev–Trinajstić information content (AvgIpc) is 2.88. The van der Waals surface area contributed by atoms with Crippen LogP contribution in [0.1, 0.15) is 206 Å². The van der Waals surface area contributed by atoms with Gasteiger partial charge >= 0.3 is 5.97 Å². The first-order valence-corrected chi connectivity index (χ1v) is 17.0. The highest BCUT2D eigenvalue weighted by Gasteiger charge is 2.02. The van der Waals surface area contributed by atoms with E-state index < -0.39 is 0 Å². The van der Waals surface area contributed by atoms with Gasteiger partial charge in [0.25, 0.3) is 0 Å². The number of esters is 1. The summed E-state index contributed by atoms with van der Waals surface area (Å²) in [5.74, 6) is 0.0204. The normalized spacial score (nSPS) is 11.3. The van der Waals surface area contributed by atoms with E-state index in [1.807, 2.05) is 0 Å². The van der Waals surface area contributed by atoms with E-state index in [4.69, 9.17) is 4.74 Å². The summed E-state index contributed by atoms with van der Waals surface area (Å²) in [5.41, 5.74) is 0. The summed E-state index contributed by atoms with van der Waals surface area (Å²) >= 11 is 0. The van der Waals surface area contributed by atoms with Crippen molar-refractivity contribution in [3.05, 3.63) is 0 Å². The summed E-state index contributed by atoms with van der Waals surface area (Å²) in [6, 6.07) is 0. The zero-order valence-electron chi connectivity index (χ0n) is 25.2. The van der Waals surface area contributed by atoms with E-state index in [1.54, 1.807) is 0 Å². The lowest BCUT2D eigenvalue weighted by Gasteiger charge is -2.05. The fraction of sp³-hybridized carbons (Fsp3) is 0.971. The van der Waals surface area contributed by atoms with E-state index in [0.717, 1.165) is 12.8 Å². The quantitative estimate of drug-likeness (QED) is 0.0687. The molecule has 0 saturated carbocycles. The summed E-state index contributed by atoms with van der Waals surface area (Å²) in [6.07, 6.45) is 40.3. The molecule has 2 nitrogen and oxygen atoms in total. The number of hydrogen-bond donors (Lipinski definition) is 0. The third-order valence-electron chi connectivity index (χ3n) is 7.75. The molecule has 0 aliphatic rings. The molecule has 0 unspecified atom stereocenters. The molecule has 0 saturated heterocycles. The van der Waals surface area contributed by atoms with Crippen LogP contribution in [0.5, 0.6) is 0 Å². The van der Waals surface area contributed by atoms with Gasteiger partial charge in [-0.2, -0.15) is 0 Å². The fourth-order valence-corrected chi connectivity index (χ4v) is 5.20. The van der Waals surface area contributed by atoms with Crippen LogP contribution in [-0.2, 0) is 9.53 Å². The molecule has 0 bridgehead atoms. The molecule has 2 heteroatoms. The second kappa shape index (κ2) is 32.5. The fourth-order valence-electron chi connectivity index (χ4n) is 5.20. The molecule has 0 radical (unpaired) electrons. The predicted molar refractivity (Wildman–Crippen MR) is 161 cm³/mol. The van der Waals surface area contributed by atoms with Crippen LogP contribution in [0.15, 0.2) is 0 Å². The molecule has 216 valence electrons. The lowest BCUT2D eigenvalue weighted by atomic mass is 10.0. The molecule has 0 heterocycles. The third-order valence-corrected chi connectivity index (χ3v) is 7.75. The molecule has 0 fully saturated rings. The molecular formula is C34H68O2. The van der Waals surface area contributed by atoms with Crippen molar-refractivity contribution in [3.63, 3.8) is 0 Å². The van der Waals surface area contributed by atoms with Gasteiger partial charge in [-0.15, -0.1) is 0 Å². The number of rotatable bonds is 31. The van der Waals surface area contributed by atoms with Crippen molar-refractivity contribution >= 4 is 5.97 Å². The average molecular weight is 509 g/mol. The lowest BCUT2D eigenvalue weighted by molar-refractivity contribution is -0.143. The van der Waals surface area contributed by atoms with Crippen molar-refractivity contribution in [2.24, 2.45) is 0 Å². The maximum absolute atomic E-state index is 11.8. The molecule has 0 amide bonds. The van der Waals surface area contributed by atoms with E-state index in [-0.39, 0.29) is 5.97 Å². The van der Waals surface area contributed by atoms with Crippen LogP contribution in [0.25, 0.3) is 0 Å². The van der Waals surface area contributed by atoms with E-state index >= 15 is 0 Å². The maximum Gasteiger partial charge on any atom is 0.305 e. The smallest absolute Gasteiger partial charge is 0.305 e. The van der Waals surface area contributed by atoms with Gasteiger partial charge in [-0.05, 0) is 12.8 Å². The monoisotopic (exact) mass is 509 g/mol. The van der Waals surface area contributed by atoms with E-state index in [0.29, 0.717) is 13.0 Å². The maximum atomic E-state index is 11.8. The minimum absolute atomic E-state index is 0.0204. The molecule has 0 aromatic rings. The summed E-state index contributed by atoms with van der Waals surface area (Å²) in [7, 11) is 0. The second-order valence-corrected chi connectivity index (χ2v) is 11.5. The minimum Gasteiger partial charge on any atom is -0.466 e. The van der Waals surface area contributed by atoms with Gasteiger partial charge in [-0.25, -0.2) is 0 Å². The highest BCUT2D eigenvalue weighted by molar-refractivity contribution is 5.69. The van der Waals surface area contributed by atoms with Gasteiger partial charge in [-0.3, -0.25) is 4.79 Å². The van der Waals surface area contributed by atoms with Crippen molar-refractivity contribution in [3.8, 4) is 0 Å². The summed E-state index contributed by atoms with van der Waals surface area (Å²) in [6.45, 7) is 5.17. The highest BCUT2D eigenvalue weighted by Crippen LogP contribution is 2.15. The van der Waals surface area contributed by atoms with Crippen LogP contribution in [0.4, 0.5) is 0 Å². The van der Waals surface area contributed by atoms with Gasteiger partial charge in [0.2, 0.25) is 0 Å². The number of unbranched alkanes of at least 4 members (excludes halogenated alkanes) is 27. The van der Waals surface area contributed by atoms with Crippen molar-refractivity contribution in [1.82, 2.24) is 0 Å². The van der Waals surface area contributed by atoms with E-state index in [1.165, 1.54) is 173 Å². The first kappa shape index (κ1) is 35.5. The van der Waals surface area contributed by atoms with Gasteiger partial charge in [-0.1, -0.05) is 187 Å². The number of carbonyl (C=O) groups is 1. The zero-order valence-corrected chi connectivity index (χ0v) is 25.2. The third kappa shape index (κ3) is 31.5. The number of carbonyl (C=O) groups excluding carboxylic acids is 1. The van der Waals surface area contributed by atoms with E-state index in [2.05, 4.69) is 13.8 Å². The first-order valence-electron chi connectivity index (χ1n) is 17.0. The zero-order chi connectivity index (χ0) is 26.2. The van der Waals surface area contributed by atoms with Gasteiger partial charge in [0.1, 0.15) is 0 Å². The van der Waals surface area contributed by atoms with Gasteiger partial charge < -0.3 is 4.74 Å². The SMILES string of the molecule is CCCCCCCCCCCCCCCCCCCCCCCCCC(=O)OCCCCCCCC. The Morgan fingerprint density at radius 3 is 0.917 bits per heavy atom. The number of hydrogen-bond acceptors (Lipinski definition) is 2. The van der Waals surface area contributed by atoms with Crippen LogP contribution in [0, 0.1) is 0 Å². The molecule has 0 N–H and O–H groups in total. The Bertz CT molecular complexity index is 406. The Hall–Kier alpha value is -0.530. The minimum atomic E-state index is 0.0204. The van der Waals surface area contributed by atoms with E-state index in [9.17, 15) is 4.79 Å². The Morgan fingerprint density at radius 1 is 0.361 bits per heavy atom. The van der Waals surface area contributed by atoms with Gasteiger partial charge in [0.05, 0.1) is 6.61 Å². The second-order valence-electron chi connectivity index (χ2n) is 11.5. The topological polar surface area (TPSA) is 26.3 Å². The molecule has 0 aromatic carbocycles. The van der Waals surface area contributed by atoms with Crippen LogP contribution >= 0.6 is 0 Å². The summed E-state index contributed by atoms with van der Waals surface area (Å²) in [5, 5.41) is 0. The van der Waals surface area contributed by atoms with Crippen LogP contribution < -0.4 is 0 Å². The Balaban J connectivity index is 3.10. The first-order chi connectivity index (χ1) is 17.8. The molecule has 0 aliphatic heterocycles. The molecule has 0 spiro atoms. The van der Waals surface area contributed by atoms with Crippen LogP contribution in [0.2, 0.25) is 0 Å². The summed E-state index contributed by atoms with van der Waals surface area (Å²) < 4.78 is 5.36. The van der Waals surface area contributed by atoms with Crippen LogP contribution in [-0.4, -0.2) is 12.6 Å². The summed E-state index contributed by atoms with van der Waals surface area (Å²) in [4.78, 5) is 11.8. The van der Waals surface area contributed by atoms with Gasteiger partial charge in [0, 0.05) is 6.42 Å². The molecule has 0 aromatic heterocycles. The van der Waals surface area contributed by atoms with Crippen molar-refractivity contribution in [2.75, 3.05) is 6.61 Å². The standard InChI is InChI=1S/C34H68O2/c1-3-5-7-9-11-12-13-14-15-16-17-18-19-20-21-22-23-24-25-26-27-28-30-32-34(35)36-33-31-29-10-8-6-4-2/h3-33H2,1-2H3. The molecular weight excluding hydrogens is 440 g/mol. The predicted octanol–water partition coefficient (Wildman–Crippen LogP) is 12.3. The Morgan fingerprint density at radius 2 is 0.611 bits per heavy atom. The van der Waals surface area contributed by atoms with Crippen LogP contribution in [0.3, 0.4) is 0 Å². The largest absolute Gasteiger partial charge is 0.466 e. The molecule has 0 atom stereocenters. The molecule has 36 heavy (non-hydrogen) atoms. The lowest BCUT2D eigenvalue weighted by Crippen LogP contribution is -2.05. The molecule has 0 rings (SSSR count). The van der Waals surface area contributed by atoms with Crippen molar-refractivity contribution in [1.29, 1.82) is 0 Å². The molecule has 0 aliphatic carbocycles. The van der Waals surface area contributed by atoms with Gasteiger partial charge in [0.15, 0.2) is 0 Å². The van der Waals surface area contributed by atoms with Crippen molar-refractivity contribution in [2.45, 2.75) is 206 Å².